The van der Waals surface area contributed by atoms with Gasteiger partial charge in [-0.1, -0.05) is 90.6 Å². The standard InChI is InChI=1S/C30H33Cl2N3O4S/c1-40(38,39)35(27-17-8-7-16-26(27)32)21-29(36)34(20-23-12-9-13-24(31)18-23)28(19-22-10-3-2-4-11-22)30(37)33-25-14-5-6-15-25/h2-4,7-13,16-18,25,28H,5-6,14-15,19-21H2,1H3,(H,33,37)/t28-/m0/s1. The number of hydrogen-bond donors (Lipinski definition) is 1. The van der Waals surface area contributed by atoms with Gasteiger partial charge in [0.05, 0.1) is 17.0 Å². The van der Waals surface area contributed by atoms with Gasteiger partial charge in [0.25, 0.3) is 0 Å². The molecule has 3 aromatic rings. The first-order chi connectivity index (χ1) is 19.1. The summed E-state index contributed by atoms with van der Waals surface area (Å²) in [6.07, 6.45) is 5.15. The molecule has 0 bridgehead atoms. The molecule has 1 N–H and O–H groups in total. The summed E-state index contributed by atoms with van der Waals surface area (Å²) in [5.41, 5.74) is 1.79. The highest BCUT2D eigenvalue weighted by Crippen LogP contribution is 2.28. The smallest absolute Gasteiger partial charge is 0.244 e. The van der Waals surface area contributed by atoms with E-state index in [9.17, 15) is 18.0 Å². The number of para-hydroxylation sites is 1. The third-order valence-corrected chi connectivity index (χ3v) is 8.70. The summed E-state index contributed by atoms with van der Waals surface area (Å²) < 4.78 is 26.7. The number of carbonyl (C=O) groups is 2. The molecule has 40 heavy (non-hydrogen) atoms. The van der Waals surface area contributed by atoms with E-state index in [0.717, 1.165) is 47.4 Å². The molecule has 212 valence electrons. The molecular formula is C30H33Cl2N3O4S. The van der Waals surface area contributed by atoms with E-state index in [4.69, 9.17) is 23.2 Å². The van der Waals surface area contributed by atoms with Crippen LogP contribution in [0.25, 0.3) is 0 Å². The van der Waals surface area contributed by atoms with Gasteiger partial charge in [-0.2, -0.15) is 0 Å². The van der Waals surface area contributed by atoms with Crippen LogP contribution in [-0.2, 0) is 32.6 Å². The molecule has 7 nitrogen and oxygen atoms in total. The van der Waals surface area contributed by atoms with Crippen LogP contribution in [0.4, 0.5) is 5.69 Å². The van der Waals surface area contributed by atoms with Crippen molar-refractivity contribution >= 4 is 50.7 Å². The maximum atomic E-state index is 14.1. The first kappa shape index (κ1) is 29.9. The Bertz CT molecular complexity index is 1430. The number of benzene rings is 3. The fourth-order valence-corrected chi connectivity index (χ4v) is 6.36. The maximum absolute atomic E-state index is 14.1. The summed E-state index contributed by atoms with van der Waals surface area (Å²) in [7, 11) is -3.89. The monoisotopic (exact) mass is 601 g/mol. The van der Waals surface area contributed by atoms with Crippen molar-refractivity contribution in [3.63, 3.8) is 0 Å². The van der Waals surface area contributed by atoms with E-state index in [0.29, 0.717) is 5.02 Å². The minimum absolute atomic E-state index is 0.0459. The van der Waals surface area contributed by atoms with Crippen LogP contribution in [0.3, 0.4) is 0 Å². The van der Waals surface area contributed by atoms with Crippen molar-refractivity contribution in [2.75, 3.05) is 17.1 Å². The average molecular weight is 603 g/mol. The predicted octanol–water partition coefficient (Wildman–Crippen LogP) is 5.46. The number of anilines is 1. The number of hydrogen-bond acceptors (Lipinski definition) is 4. The molecule has 1 fully saturated rings. The van der Waals surface area contributed by atoms with Crippen LogP contribution in [0.1, 0.15) is 36.8 Å². The zero-order chi connectivity index (χ0) is 28.7. The normalized spacial score (nSPS) is 14.5. The van der Waals surface area contributed by atoms with Crippen LogP contribution in [0, 0.1) is 0 Å². The predicted molar refractivity (Wildman–Crippen MR) is 160 cm³/mol. The summed E-state index contributed by atoms with van der Waals surface area (Å²) in [5.74, 6) is -0.803. The Morgan fingerprint density at radius 3 is 2.23 bits per heavy atom. The highest BCUT2D eigenvalue weighted by molar-refractivity contribution is 7.92. The lowest BCUT2D eigenvalue weighted by Gasteiger charge is -2.34. The molecule has 1 aliphatic rings. The fourth-order valence-electron chi connectivity index (χ4n) is 5.00. The zero-order valence-corrected chi connectivity index (χ0v) is 24.6. The summed E-state index contributed by atoms with van der Waals surface area (Å²) in [4.78, 5) is 29.4. The van der Waals surface area contributed by atoms with Crippen molar-refractivity contribution in [1.29, 1.82) is 0 Å². The number of halogens is 2. The molecule has 0 aromatic heterocycles. The summed E-state index contributed by atoms with van der Waals surface area (Å²) >= 11 is 12.6. The van der Waals surface area contributed by atoms with Gasteiger partial charge in [-0.15, -0.1) is 0 Å². The first-order valence-corrected chi connectivity index (χ1v) is 15.8. The van der Waals surface area contributed by atoms with Crippen LogP contribution >= 0.6 is 23.2 Å². The molecule has 0 aliphatic heterocycles. The molecule has 0 saturated heterocycles. The SMILES string of the molecule is CS(=O)(=O)N(CC(=O)N(Cc1cccc(Cl)c1)[C@@H](Cc1ccccc1)C(=O)NC1CCCC1)c1ccccc1Cl. The minimum atomic E-state index is -3.89. The number of nitrogens with one attached hydrogen (secondary N) is 1. The van der Waals surface area contributed by atoms with Crippen LogP contribution in [0.15, 0.2) is 78.9 Å². The van der Waals surface area contributed by atoms with E-state index in [-0.39, 0.29) is 35.6 Å². The Balaban J connectivity index is 1.73. The summed E-state index contributed by atoms with van der Waals surface area (Å²) in [6, 6.07) is 22.1. The van der Waals surface area contributed by atoms with E-state index < -0.39 is 28.5 Å². The molecule has 1 atom stereocenters. The van der Waals surface area contributed by atoms with E-state index >= 15 is 0 Å². The van der Waals surface area contributed by atoms with Crippen molar-refractivity contribution in [2.24, 2.45) is 0 Å². The number of rotatable bonds is 11. The van der Waals surface area contributed by atoms with Gasteiger partial charge < -0.3 is 10.2 Å². The molecular weight excluding hydrogens is 569 g/mol. The maximum Gasteiger partial charge on any atom is 0.244 e. The van der Waals surface area contributed by atoms with Gasteiger partial charge in [0.2, 0.25) is 21.8 Å². The summed E-state index contributed by atoms with van der Waals surface area (Å²) in [6.45, 7) is -0.458. The van der Waals surface area contributed by atoms with Crippen molar-refractivity contribution in [3.8, 4) is 0 Å². The lowest BCUT2D eigenvalue weighted by atomic mass is 10.0. The van der Waals surface area contributed by atoms with Crippen molar-refractivity contribution in [3.05, 3.63) is 100 Å². The Morgan fingerprint density at radius 1 is 0.925 bits per heavy atom. The van der Waals surface area contributed by atoms with Gasteiger partial charge in [0.15, 0.2) is 0 Å². The molecule has 0 unspecified atom stereocenters. The fraction of sp³-hybridized carbons (Fsp3) is 0.333. The third kappa shape index (κ3) is 7.99. The van der Waals surface area contributed by atoms with Crippen molar-refractivity contribution < 1.29 is 18.0 Å². The van der Waals surface area contributed by atoms with E-state index in [2.05, 4.69) is 5.32 Å². The molecule has 1 aliphatic carbocycles. The Morgan fingerprint density at radius 2 is 1.57 bits per heavy atom. The molecule has 4 rings (SSSR count). The Hall–Kier alpha value is -3.07. The van der Waals surface area contributed by atoms with Crippen LogP contribution in [0.5, 0.6) is 0 Å². The van der Waals surface area contributed by atoms with Crippen molar-refractivity contribution in [1.82, 2.24) is 10.2 Å². The zero-order valence-electron chi connectivity index (χ0n) is 22.3. The van der Waals surface area contributed by atoms with Gasteiger partial charge in [0, 0.05) is 24.0 Å². The molecule has 3 aromatic carbocycles. The molecule has 10 heteroatoms. The minimum Gasteiger partial charge on any atom is -0.352 e. The number of sulfonamides is 1. The van der Waals surface area contributed by atoms with Crippen molar-refractivity contribution in [2.45, 2.75) is 50.7 Å². The van der Waals surface area contributed by atoms with Crippen LogP contribution in [0.2, 0.25) is 10.0 Å². The summed E-state index contributed by atoms with van der Waals surface area (Å²) in [5, 5.41) is 3.83. The first-order valence-electron chi connectivity index (χ1n) is 13.2. The number of amides is 2. The molecule has 2 amide bonds. The highest BCUT2D eigenvalue weighted by Gasteiger charge is 2.34. The third-order valence-electron chi connectivity index (χ3n) is 7.01. The second kappa shape index (κ2) is 13.5. The van der Waals surface area contributed by atoms with Crippen LogP contribution in [-0.4, -0.2) is 50.0 Å². The average Bonchev–Trinajstić information content (AvgIpc) is 3.43. The molecule has 0 radical (unpaired) electrons. The van der Waals surface area contributed by atoms with Gasteiger partial charge in [-0.25, -0.2) is 8.42 Å². The van der Waals surface area contributed by atoms with E-state index in [1.807, 2.05) is 36.4 Å². The highest BCUT2D eigenvalue weighted by atomic mass is 35.5. The largest absolute Gasteiger partial charge is 0.352 e. The molecule has 0 heterocycles. The lowest BCUT2D eigenvalue weighted by Crippen LogP contribution is -2.54. The second-order valence-electron chi connectivity index (χ2n) is 10.1. The Kier molecular flexibility index (Phi) is 10.1. The topological polar surface area (TPSA) is 86.8 Å². The number of carbonyl (C=O) groups excluding carboxylic acids is 2. The number of nitrogens with zero attached hydrogens (tertiary/aromatic N) is 2. The Labute approximate surface area is 246 Å². The van der Waals surface area contributed by atoms with Crippen LogP contribution < -0.4 is 9.62 Å². The van der Waals surface area contributed by atoms with Gasteiger partial charge in [-0.05, 0) is 48.2 Å². The van der Waals surface area contributed by atoms with Gasteiger partial charge >= 0.3 is 0 Å². The quantitative estimate of drug-likeness (QED) is 0.316. The van der Waals surface area contributed by atoms with E-state index in [1.165, 1.54) is 4.90 Å². The van der Waals surface area contributed by atoms with Gasteiger partial charge in [-0.3, -0.25) is 13.9 Å². The lowest BCUT2D eigenvalue weighted by molar-refractivity contribution is -0.140. The molecule has 1 saturated carbocycles. The molecule has 0 spiro atoms. The van der Waals surface area contributed by atoms with E-state index in [1.54, 1.807) is 42.5 Å². The second-order valence-corrected chi connectivity index (χ2v) is 12.8. The van der Waals surface area contributed by atoms with Gasteiger partial charge in [0.1, 0.15) is 12.6 Å².